The molecule has 0 fully saturated rings. The molecule has 0 bridgehead atoms. The van der Waals surface area contributed by atoms with Crippen molar-refractivity contribution in [3.63, 3.8) is 0 Å². The van der Waals surface area contributed by atoms with Gasteiger partial charge in [0.1, 0.15) is 11.5 Å². The standard InChI is InChI=1S/C21H24ClN5O3S/c1-4-27-19(12-23-15-6-8-16(29-2)9-7-15)25-26-21(27)31-13-20(28)24-17-11-14(22)5-10-18(17)30-3/h5-11,23H,4,12-13H2,1-3H3,(H,24,28). The molecule has 2 aromatic carbocycles. The third-order valence-corrected chi connectivity index (χ3v) is 5.62. The van der Waals surface area contributed by atoms with Gasteiger partial charge in [0.2, 0.25) is 5.91 Å². The number of thioether (sulfide) groups is 1. The van der Waals surface area contributed by atoms with Crippen molar-refractivity contribution in [2.24, 2.45) is 0 Å². The Kier molecular flexibility index (Phi) is 8.02. The third kappa shape index (κ3) is 6.05. The molecule has 164 valence electrons. The minimum Gasteiger partial charge on any atom is -0.497 e. The number of carbonyl (C=O) groups excluding carboxylic acids is 1. The van der Waals surface area contributed by atoms with Gasteiger partial charge in [-0.05, 0) is 49.4 Å². The lowest BCUT2D eigenvalue weighted by atomic mass is 10.3. The Balaban J connectivity index is 1.58. The van der Waals surface area contributed by atoms with E-state index in [9.17, 15) is 4.79 Å². The van der Waals surface area contributed by atoms with E-state index >= 15 is 0 Å². The van der Waals surface area contributed by atoms with E-state index in [0.29, 0.717) is 34.7 Å². The Morgan fingerprint density at radius 3 is 2.58 bits per heavy atom. The van der Waals surface area contributed by atoms with Crippen LogP contribution in [-0.2, 0) is 17.9 Å². The molecule has 0 aliphatic heterocycles. The number of amides is 1. The number of anilines is 2. The van der Waals surface area contributed by atoms with E-state index in [4.69, 9.17) is 21.1 Å². The topological polar surface area (TPSA) is 90.3 Å². The van der Waals surface area contributed by atoms with Crippen LogP contribution in [0.2, 0.25) is 5.02 Å². The molecule has 3 aromatic rings. The smallest absolute Gasteiger partial charge is 0.234 e. The fourth-order valence-electron chi connectivity index (χ4n) is 2.86. The van der Waals surface area contributed by atoms with E-state index in [-0.39, 0.29) is 11.7 Å². The second-order valence-electron chi connectivity index (χ2n) is 6.41. The zero-order valence-corrected chi connectivity index (χ0v) is 19.1. The zero-order chi connectivity index (χ0) is 22.2. The maximum Gasteiger partial charge on any atom is 0.234 e. The molecule has 0 radical (unpaired) electrons. The van der Waals surface area contributed by atoms with Gasteiger partial charge in [0.15, 0.2) is 11.0 Å². The van der Waals surface area contributed by atoms with E-state index in [1.165, 1.54) is 11.8 Å². The number of aromatic nitrogens is 3. The van der Waals surface area contributed by atoms with Crippen molar-refractivity contribution in [3.8, 4) is 11.5 Å². The molecule has 31 heavy (non-hydrogen) atoms. The number of methoxy groups -OCH3 is 2. The van der Waals surface area contributed by atoms with Crippen LogP contribution in [-0.4, -0.2) is 40.6 Å². The van der Waals surface area contributed by atoms with Crippen LogP contribution < -0.4 is 20.1 Å². The normalized spacial score (nSPS) is 10.6. The fraction of sp³-hybridized carbons (Fsp3) is 0.286. The van der Waals surface area contributed by atoms with Crippen LogP contribution in [0.15, 0.2) is 47.6 Å². The molecule has 1 heterocycles. The summed E-state index contributed by atoms with van der Waals surface area (Å²) in [5.74, 6) is 2.13. The van der Waals surface area contributed by atoms with Crippen LogP contribution in [0, 0.1) is 0 Å². The second-order valence-corrected chi connectivity index (χ2v) is 7.79. The van der Waals surface area contributed by atoms with Crippen molar-refractivity contribution in [1.29, 1.82) is 0 Å². The number of benzene rings is 2. The molecule has 0 atom stereocenters. The molecule has 0 saturated heterocycles. The molecule has 1 amide bonds. The molecule has 3 rings (SSSR count). The Morgan fingerprint density at radius 2 is 1.90 bits per heavy atom. The Labute approximate surface area is 190 Å². The molecule has 10 heteroatoms. The van der Waals surface area contributed by atoms with Crippen LogP contribution in [0.25, 0.3) is 0 Å². The molecule has 0 aliphatic rings. The lowest BCUT2D eigenvalue weighted by Crippen LogP contribution is -2.15. The van der Waals surface area contributed by atoms with Crippen LogP contribution in [0.4, 0.5) is 11.4 Å². The summed E-state index contributed by atoms with van der Waals surface area (Å²) < 4.78 is 12.4. The van der Waals surface area contributed by atoms with Crippen molar-refractivity contribution in [1.82, 2.24) is 14.8 Å². The lowest BCUT2D eigenvalue weighted by Gasteiger charge is -2.11. The van der Waals surface area contributed by atoms with Gasteiger partial charge in [-0.25, -0.2) is 0 Å². The first kappa shape index (κ1) is 22.8. The number of ether oxygens (including phenoxy) is 2. The van der Waals surface area contributed by atoms with E-state index in [1.54, 1.807) is 32.4 Å². The first-order chi connectivity index (χ1) is 15.0. The van der Waals surface area contributed by atoms with E-state index in [2.05, 4.69) is 20.8 Å². The number of hydrogen-bond acceptors (Lipinski definition) is 7. The van der Waals surface area contributed by atoms with Gasteiger partial charge in [-0.3, -0.25) is 4.79 Å². The predicted octanol–water partition coefficient (Wildman–Crippen LogP) is 4.31. The first-order valence-electron chi connectivity index (χ1n) is 9.60. The second kappa shape index (κ2) is 10.9. The number of nitrogens with zero attached hydrogens (tertiary/aromatic N) is 3. The van der Waals surface area contributed by atoms with Gasteiger partial charge in [0, 0.05) is 17.3 Å². The predicted molar refractivity (Wildman–Crippen MR) is 123 cm³/mol. The van der Waals surface area contributed by atoms with Gasteiger partial charge < -0.3 is 24.7 Å². The van der Waals surface area contributed by atoms with Crippen molar-refractivity contribution in [3.05, 3.63) is 53.3 Å². The molecule has 0 unspecified atom stereocenters. The summed E-state index contributed by atoms with van der Waals surface area (Å²) in [5, 5.41) is 15.9. The maximum absolute atomic E-state index is 12.4. The highest BCUT2D eigenvalue weighted by molar-refractivity contribution is 7.99. The van der Waals surface area contributed by atoms with Crippen LogP contribution >= 0.6 is 23.4 Å². The van der Waals surface area contributed by atoms with Crippen LogP contribution in [0.3, 0.4) is 0 Å². The average molecular weight is 462 g/mol. The van der Waals surface area contributed by atoms with E-state index < -0.39 is 0 Å². The summed E-state index contributed by atoms with van der Waals surface area (Å²) in [6.45, 7) is 3.22. The Morgan fingerprint density at radius 1 is 1.13 bits per heavy atom. The minimum absolute atomic E-state index is 0.180. The van der Waals surface area contributed by atoms with Crippen molar-refractivity contribution in [2.45, 2.75) is 25.2 Å². The molecule has 1 aromatic heterocycles. The van der Waals surface area contributed by atoms with Gasteiger partial charge in [-0.15, -0.1) is 10.2 Å². The third-order valence-electron chi connectivity index (χ3n) is 4.42. The number of rotatable bonds is 10. The van der Waals surface area contributed by atoms with Crippen LogP contribution in [0.1, 0.15) is 12.7 Å². The van der Waals surface area contributed by atoms with Crippen LogP contribution in [0.5, 0.6) is 11.5 Å². The maximum atomic E-state index is 12.4. The highest BCUT2D eigenvalue weighted by Crippen LogP contribution is 2.28. The van der Waals surface area contributed by atoms with E-state index in [0.717, 1.165) is 17.3 Å². The number of carbonyl (C=O) groups is 1. The summed E-state index contributed by atoms with van der Waals surface area (Å²) in [6, 6.07) is 12.7. The minimum atomic E-state index is -0.186. The SMILES string of the molecule is CCn1c(CNc2ccc(OC)cc2)nnc1SCC(=O)Nc1cc(Cl)ccc1OC. The highest BCUT2D eigenvalue weighted by Gasteiger charge is 2.14. The zero-order valence-electron chi connectivity index (χ0n) is 17.5. The lowest BCUT2D eigenvalue weighted by molar-refractivity contribution is -0.113. The summed E-state index contributed by atoms with van der Waals surface area (Å²) in [6.07, 6.45) is 0. The largest absolute Gasteiger partial charge is 0.497 e. The molecule has 0 saturated carbocycles. The number of hydrogen-bond donors (Lipinski definition) is 2. The van der Waals surface area contributed by atoms with E-state index in [1.807, 2.05) is 35.8 Å². The van der Waals surface area contributed by atoms with Crippen molar-refractivity contribution < 1.29 is 14.3 Å². The first-order valence-corrected chi connectivity index (χ1v) is 11.0. The molecular weight excluding hydrogens is 438 g/mol. The highest BCUT2D eigenvalue weighted by atomic mass is 35.5. The summed E-state index contributed by atoms with van der Waals surface area (Å²) in [7, 11) is 3.18. The average Bonchev–Trinajstić information content (AvgIpc) is 3.18. The molecule has 0 aliphatic carbocycles. The molecular formula is C21H24ClN5O3S. The van der Waals surface area contributed by atoms with Gasteiger partial charge >= 0.3 is 0 Å². The van der Waals surface area contributed by atoms with Gasteiger partial charge in [-0.1, -0.05) is 23.4 Å². The monoisotopic (exact) mass is 461 g/mol. The van der Waals surface area contributed by atoms with Crippen molar-refractivity contribution >= 4 is 40.6 Å². The van der Waals surface area contributed by atoms with Gasteiger partial charge in [0.05, 0.1) is 32.2 Å². The number of nitrogens with one attached hydrogen (secondary N) is 2. The van der Waals surface area contributed by atoms with Gasteiger partial charge in [-0.2, -0.15) is 0 Å². The van der Waals surface area contributed by atoms with Crippen molar-refractivity contribution in [2.75, 3.05) is 30.6 Å². The Hall–Kier alpha value is -2.91. The molecule has 2 N–H and O–H groups in total. The van der Waals surface area contributed by atoms with Gasteiger partial charge in [0.25, 0.3) is 0 Å². The summed E-state index contributed by atoms with van der Waals surface area (Å²) in [5.41, 5.74) is 1.48. The number of halogens is 1. The quantitative estimate of drug-likeness (QED) is 0.435. The summed E-state index contributed by atoms with van der Waals surface area (Å²) in [4.78, 5) is 12.4. The Bertz CT molecular complexity index is 1030. The fourth-order valence-corrected chi connectivity index (χ4v) is 3.85. The summed E-state index contributed by atoms with van der Waals surface area (Å²) >= 11 is 7.34. The molecule has 0 spiro atoms. The molecule has 8 nitrogen and oxygen atoms in total.